The number of thiazole rings is 1. The van der Waals surface area contributed by atoms with Crippen molar-refractivity contribution in [1.82, 2.24) is 14.4 Å². The van der Waals surface area contributed by atoms with Gasteiger partial charge in [0.25, 0.3) is 0 Å². The maximum absolute atomic E-state index is 12.2. The van der Waals surface area contributed by atoms with Gasteiger partial charge in [0.15, 0.2) is 4.96 Å². The quantitative estimate of drug-likeness (QED) is 0.432. The molecule has 4 aromatic rings. The monoisotopic (exact) mass is 349 g/mol. The van der Waals surface area contributed by atoms with E-state index in [1.165, 1.54) is 0 Å². The summed E-state index contributed by atoms with van der Waals surface area (Å²) < 4.78 is 7.20. The molecule has 0 amide bonds. The van der Waals surface area contributed by atoms with Crippen molar-refractivity contribution in [3.63, 3.8) is 0 Å². The highest BCUT2D eigenvalue weighted by Gasteiger charge is 2.13. The van der Waals surface area contributed by atoms with Gasteiger partial charge in [-0.05, 0) is 48.6 Å². The zero-order chi connectivity index (χ0) is 17.2. The van der Waals surface area contributed by atoms with Crippen molar-refractivity contribution in [2.45, 2.75) is 0 Å². The fourth-order valence-electron chi connectivity index (χ4n) is 2.65. The minimum absolute atomic E-state index is 0.0733. The number of carbonyl (C=O) groups excluding carboxylic acids is 1. The largest absolute Gasteiger partial charge is 0.497 e. The highest BCUT2D eigenvalue weighted by molar-refractivity contribution is 7.15. The maximum atomic E-state index is 12.2. The number of carbonyl (C=O) groups is 1. The number of fused-ring (bicyclic) bond motifs is 1. The van der Waals surface area contributed by atoms with Crippen LogP contribution in [0.5, 0.6) is 5.75 Å². The van der Waals surface area contributed by atoms with Crippen LogP contribution in [0.15, 0.2) is 60.2 Å². The molecule has 0 unspecified atom stereocenters. The summed E-state index contributed by atoms with van der Waals surface area (Å²) >= 11 is 1.56. The predicted molar refractivity (Wildman–Crippen MR) is 99.2 cm³/mol. The molecule has 6 heteroatoms. The van der Waals surface area contributed by atoms with Gasteiger partial charge in [0.2, 0.25) is 5.78 Å². The molecule has 124 valence electrons. The number of H-pyrrole nitrogens is 1. The molecule has 0 aliphatic carbocycles. The first-order valence-corrected chi connectivity index (χ1v) is 8.60. The Hall–Kier alpha value is -3.12. The Morgan fingerprint density at radius 1 is 1.28 bits per heavy atom. The molecule has 0 saturated carbocycles. The Labute approximate surface area is 148 Å². The third kappa shape index (κ3) is 2.88. The van der Waals surface area contributed by atoms with E-state index in [9.17, 15) is 4.79 Å². The van der Waals surface area contributed by atoms with E-state index in [0.717, 1.165) is 27.7 Å². The summed E-state index contributed by atoms with van der Waals surface area (Å²) in [6.07, 6.45) is 7.08. The fraction of sp³-hybridized carbons (Fsp3) is 0.0526. The maximum Gasteiger partial charge on any atom is 0.202 e. The molecule has 0 bridgehead atoms. The summed E-state index contributed by atoms with van der Waals surface area (Å²) in [6.45, 7) is 0. The molecule has 0 radical (unpaired) electrons. The van der Waals surface area contributed by atoms with Gasteiger partial charge in [-0.15, -0.1) is 11.3 Å². The average molecular weight is 349 g/mol. The Morgan fingerprint density at radius 2 is 2.12 bits per heavy atom. The van der Waals surface area contributed by atoms with Crippen LogP contribution < -0.4 is 4.74 Å². The molecule has 0 spiro atoms. The van der Waals surface area contributed by atoms with Gasteiger partial charge in [-0.1, -0.05) is 0 Å². The lowest BCUT2D eigenvalue weighted by Gasteiger charge is -2.02. The first-order chi connectivity index (χ1) is 12.3. The van der Waals surface area contributed by atoms with Crippen molar-refractivity contribution in [1.29, 1.82) is 0 Å². The van der Waals surface area contributed by atoms with Crippen molar-refractivity contribution >= 4 is 28.2 Å². The van der Waals surface area contributed by atoms with E-state index in [4.69, 9.17) is 9.72 Å². The van der Waals surface area contributed by atoms with Crippen molar-refractivity contribution in [2.24, 2.45) is 0 Å². The molecular weight excluding hydrogens is 334 g/mol. The summed E-state index contributed by atoms with van der Waals surface area (Å²) in [6, 6.07) is 11.3. The topological polar surface area (TPSA) is 59.4 Å². The number of hydrogen-bond acceptors (Lipinski definition) is 4. The van der Waals surface area contributed by atoms with Crippen LogP contribution in [-0.2, 0) is 0 Å². The first-order valence-electron chi connectivity index (χ1n) is 7.72. The number of imidazole rings is 1. The molecule has 5 nitrogen and oxygen atoms in total. The Balaban J connectivity index is 1.76. The lowest BCUT2D eigenvalue weighted by atomic mass is 10.1. The Kier molecular flexibility index (Phi) is 3.95. The number of methoxy groups -OCH3 is 1. The van der Waals surface area contributed by atoms with E-state index in [0.29, 0.717) is 5.69 Å². The van der Waals surface area contributed by atoms with Gasteiger partial charge in [-0.3, -0.25) is 9.20 Å². The third-order valence-electron chi connectivity index (χ3n) is 3.92. The molecule has 3 aromatic heterocycles. The van der Waals surface area contributed by atoms with Crippen LogP contribution in [0.4, 0.5) is 0 Å². The second-order valence-electron chi connectivity index (χ2n) is 5.41. The number of hydrogen-bond donors (Lipinski definition) is 1. The van der Waals surface area contributed by atoms with E-state index in [1.807, 2.05) is 46.3 Å². The molecule has 0 saturated heterocycles. The number of aromatic amines is 1. The van der Waals surface area contributed by atoms with Gasteiger partial charge in [-0.25, -0.2) is 4.98 Å². The SMILES string of the molecule is COc1ccc(-c2nc3sccn3c2/C=C/C(=O)c2ccc[nH]2)cc1. The molecule has 4 rings (SSSR count). The van der Waals surface area contributed by atoms with Gasteiger partial charge in [0.1, 0.15) is 5.75 Å². The molecule has 1 N–H and O–H groups in total. The molecular formula is C19H15N3O2S. The van der Waals surface area contributed by atoms with Crippen LogP contribution in [0, 0.1) is 0 Å². The summed E-state index contributed by atoms with van der Waals surface area (Å²) in [5.41, 5.74) is 3.25. The van der Waals surface area contributed by atoms with E-state index in [-0.39, 0.29) is 5.78 Å². The number of rotatable bonds is 5. The predicted octanol–water partition coefficient (Wildman–Crippen LogP) is 4.30. The third-order valence-corrected chi connectivity index (χ3v) is 4.68. The number of aromatic nitrogens is 3. The van der Waals surface area contributed by atoms with Crippen LogP contribution in [0.2, 0.25) is 0 Å². The summed E-state index contributed by atoms with van der Waals surface area (Å²) in [7, 11) is 1.64. The number of allylic oxidation sites excluding steroid dienone is 1. The van der Waals surface area contributed by atoms with Crippen molar-refractivity contribution in [3.05, 3.63) is 71.6 Å². The van der Waals surface area contributed by atoms with Gasteiger partial charge in [-0.2, -0.15) is 0 Å². The minimum atomic E-state index is -0.0733. The van der Waals surface area contributed by atoms with E-state index >= 15 is 0 Å². The van der Waals surface area contributed by atoms with Crippen LogP contribution in [0.1, 0.15) is 16.2 Å². The van der Waals surface area contributed by atoms with Crippen molar-refractivity contribution in [3.8, 4) is 17.0 Å². The highest BCUT2D eigenvalue weighted by Crippen LogP contribution is 2.29. The van der Waals surface area contributed by atoms with Crippen LogP contribution in [0.3, 0.4) is 0 Å². The van der Waals surface area contributed by atoms with Crippen LogP contribution >= 0.6 is 11.3 Å². The van der Waals surface area contributed by atoms with E-state index < -0.39 is 0 Å². The molecule has 3 heterocycles. The number of nitrogens with zero attached hydrogens (tertiary/aromatic N) is 2. The number of ketones is 1. The standard InChI is InChI=1S/C19H15N3O2S/c1-24-14-6-4-13(5-7-14)18-16(22-11-12-25-19(22)21-18)8-9-17(23)15-3-2-10-20-15/h2-12,20H,1H3/b9-8+. The molecule has 0 aliphatic heterocycles. The second kappa shape index (κ2) is 6.41. The lowest BCUT2D eigenvalue weighted by Crippen LogP contribution is -1.94. The zero-order valence-corrected chi connectivity index (χ0v) is 14.3. The van der Waals surface area contributed by atoms with Gasteiger partial charge in [0, 0.05) is 23.3 Å². The van der Waals surface area contributed by atoms with Gasteiger partial charge >= 0.3 is 0 Å². The zero-order valence-electron chi connectivity index (χ0n) is 13.5. The lowest BCUT2D eigenvalue weighted by molar-refractivity contribution is 0.104. The highest BCUT2D eigenvalue weighted by atomic mass is 32.1. The molecule has 0 fully saturated rings. The second-order valence-corrected chi connectivity index (χ2v) is 6.28. The van der Waals surface area contributed by atoms with Crippen molar-refractivity contribution in [2.75, 3.05) is 7.11 Å². The van der Waals surface area contributed by atoms with Gasteiger partial charge in [0.05, 0.1) is 24.2 Å². The summed E-state index contributed by atoms with van der Waals surface area (Å²) in [5, 5.41) is 1.98. The number of benzene rings is 1. The minimum Gasteiger partial charge on any atom is -0.497 e. The summed E-state index contributed by atoms with van der Waals surface area (Å²) in [5.74, 6) is 0.722. The summed E-state index contributed by atoms with van der Waals surface area (Å²) in [4.78, 5) is 20.8. The van der Waals surface area contributed by atoms with Crippen LogP contribution in [0.25, 0.3) is 22.3 Å². The number of ether oxygens (including phenoxy) is 1. The van der Waals surface area contributed by atoms with Gasteiger partial charge < -0.3 is 9.72 Å². The Bertz CT molecular complexity index is 1040. The normalized spacial score (nSPS) is 11.4. The first kappa shape index (κ1) is 15.4. The number of nitrogens with one attached hydrogen (secondary N) is 1. The molecule has 0 aliphatic rings. The molecule has 1 aromatic carbocycles. The van der Waals surface area contributed by atoms with Crippen LogP contribution in [-0.4, -0.2) is 27.3 Å². The van der Waals surface area contributed by atoms with Crippen molar-refractivity contribution < 1.29 is 9.53 Å². The molecule has 0 atom stereocenters. The smallest absolute Gasteiger partial charge is 0.202 e. The fourth-order valence-corrected chi connectivity index (χ4v) is 3.37. The Morgan fingerprint density at radius 3 is 2.84 bits per heavy atom. The average Bonchev–Trinajstić information content (AvgIpc) is 3.37. The van der Waals surface area contributed by atoms with E-state index in [1.54, 1.807) is 42.9 Å². The molecule has 25 heavy (non-hydrogen) atoms. The van der Waals surface area contributed by atoms with E-state index in [2.05, 4.69) is 4.98 Å².